The number of tetrazole rings is 1. The van der Waals surface area contributed by atoms with Gasteiger partial charge in [-0.1, -0.05) is 0 Å². The van der Waals surface area contributed by atoms with Crippen LogP contribution in [0.5, 0.6) is 0 Å². The molecular weight excluding hydrogens is 294 g/mol. The quantitative estimate of drug-likeness (QED) is 0.697. The monoisotopic (exact) mass is 309 g/mol. The number of carboxylic acid groups (broad SMARTS) is 1. The van der Waals surface area contributed by atoms with Crippen molar-refractivity contribution in [2.45, 2.75) is 25.8 Å². The van der Waals surface area contributed by atoms with E-state index < -0.39 is 5.97 Å². The first-order valence-corrected chi connectivity index (χ1v) is 7.38. The van der Waals surface area contributed by atoms with Gasteiger partial charge in [-0.25, -0.2) is 0 Å². The number of hydrogen-bond donors (Lipinski definition) is 2. The third kappa shape index (κ3) is 4.95. The van der Waals surface area contributed by atoms with E-state index >= 15 is 0 Å². The molecule has 0 aliphatic carbocycles. The molecule has 0 atom stereocenters. The van der Waals surface area contributed by atoms with E-state index in [0.717, 1.165) is 5.56 Å². The number of carbonyl (C=O) groups excluding carboxylic acids is 1. The van der Waals surface area contributed by atoms with Gasteiger partial charge in [-0.2, -0.15) is 16.1 Å². The summed E-state index contributed by atoms with van der Waals surface area (Å²) in [5.41, 5.74) is 0.875. The molecule has 0 saturated heterocycles. The topological polar surface area (TPSA) is 110 Å². The van der Waals surface area contributed by atoms with Gasteiger partial charge < -0.3 is 10.4 Å². The lowest BCUT2D eigenvalue weighted by molar-refractivity contribution is -0.137. The highest BCUT2D eigenvalue weighted by Gasteiger charge is 2.09. The molecule has 0 radical (unpaired) electrons. The number of hydrogen-bond acceptors (Lipinski definition) is 6. The Balaban J connectivity index is 1.72. The average molecular weight is 309 g/mol. The van der Waals surface area contributed by atoms with Crippen molar-refractivity contribution in [1.29, 1.82) is 0 Å². The van der Waals surface area contributed by atoms with Crippen LogP contribution in [0.25, 0.3) is 11.4 Å². The maximum Gasteiger partial charge on any atom is 0.303 e. The number of rotatable bonds is 8. The molecule has 0 bridgehead atoms. The first-order valence-electron chi connectivity index (χ1n) is 6.44. The number of carbonyl (C=O) groups is 2. The van der Waals surface area contributed by atoms with E-state index in [1.165, 1.54) is 16.1 Å². The van der Waals surface area contributed by atoms with Crippen molar-refractivity contribution in [3.63, 3.8) is 0 Å². The Kier molecular flexibility index (Phi) is 5.38. The molecule has 0 spiro atoms. The van der Waals surface area contributed by atoms with Gasteiger partial charge in [0.25, 0.3) is 0 Å². The van der Waals surface area contributed by atoms with Gasteiger partial charge in [-0.05, 0) is 29.5 Å². The molecule has 2 rings (SSSR count). The van der Waals surface area contributed by atoms with Crippen LogP contribution >= 0.6 is 11.3 Å². The van der Waals surface area contributed by atoms with Crippen molar-refractivity contribution >= 4 is 23.2 Å². The molecule has 0 aromatic carbocycles. The summed E-state index contributed by atoms with van der Waals surface area (Å²) in [5, 5.41) is 26.8. The molecule has 112 valence electrons. The van der Waals surface area contributed by atoms with Gasteiger partial charge in [0.1, 0.15) is 6.54 Å². The van der Waals surface area contributed by atoms with Crippen LogP contribution in [0.2, 0.25) is 0 Å². The molecule has 0 unspecified atom stereocenters. The molecule has 21 heavy (non-hydrogen) atoms. The zero-order chi connectivity index (χ0) is 15.1. The SMILES string of the molecule is O=C(O)CCCCNC(=O)Cn1nnc(-c2ccsc2)n1. The van der Waals surface area contributed by atoms with E-state index in [-0.39, 0.29) is 18.9 Å². The molecule has 0 saturated carbocycles. The van der Waals surface area contributed by atoms with Crippen LogP contribution in [-0.2, 0) is 16.1 Å². The van der Waals surface area contributed by atoms with E-state index in [0.29, 0.717) is 25.2 Å². The summed E-state index contributed by atoms with van der Waals surface area (Å²) in [5.74, 6) is -0.556. The first kappa shape index (κ1) is 15.1. The second-order valence-electron chi connectivity index (χ2n) is 4.36. The highest BCUT2D eigenvalue weighted by Crippen LogP contribution is 2.16. The second-order valence-corrected chi connectivity index (χ2v) is 5.14. The Hall–Kier alpha value is -2.29. The highest BCUT2D eigenvalue weighted by molar-refractivity contribution is 7.08. The summed E-state index contributed by atoms with van der Waals surface area (Å²) < 4.78 is 0. The van der Waals surface area contributed by atoms with E-state index in [1.54, 1.807) is 0 Å². The molecular formula is C12H15N5O3S. The fourth-order valence-corrected chi connectivity index (χ4v) is 2.27. The van der Waals surface area contributed by atoms with E-state index in [1.807, 2.05) is 16.8 Å². The Morgan fingerprint density at radius 1 is 1.38 bits per heavy atom. The van der Waals surface area contributed by atoms with Crippen LogP contribution < -0.4 is 5.32 Å². The van der Waals surface area contributed by atoms with Crippen molar-refractivity contribution in [3.05, 3.63) is 16.8 Å². The molecule has 2 aromatic rings. The second kappa shape index (κ2) is 7.48. The van der Waals surface area contributed by atoms with Crippen LogP contribution in [0, 0.1) is 0 Å². The number of amides is 1. The number of unbranched alkanes of at least 4 members (excludes halogenated alkanes) is 1. The summed E-state index contributed by atoms with van der Waals surface area (Å²) in [6, 6.07) is 1.88. The zero-order valence-corrected chi connectivity index (χ0v) is 12.0. The van der Waals surface area contributed by atoms with Gasteiger partial charge in [0.15, 0.2) is 0 Å². The maximum atomic E-state index is 11.7. The summed E-state index contributed by atoms with van der Waals surface area (Å²) in [4.78, 5) is 23.2. The molecule has 1 amide bonds. The number of carboxylic acids is 1. The van der Waals surface area contributed by atoms with Crippen LogP contribution in [0.1, 0.15) is 19.3 Å². The first-order chi connectivity index (χ1) is 10.1. The third-order valence-corrected chi connectivity index (χ3v) is 3.34. The van der Waals surface area contributed by atoms with Gasteiger partial charge in [-0.15, -0.1) is 10.2 Å². The summed E-state index contributed by atoms with van der Waals surface area (Å²) in [6.07, 6.45) is 1.28. The van der Waals surface area contributed by atoms with Crippen molar-refractivity contribution in [2.75, 3.05) is 6.54 Å². The lowest BCUT2D eigenvalue weighted by Gasteiger charge is -2.03. The molecule has 2 heterocycles. The Morgan fingerprint density at radius 3 is 2.95 bits per heavy atom. The Labute approximate surface area is 124 Å². The molecule has 8 nitrogen and oxygen atoms in total. The number of aliphatic carboxylic acids is 1. The van der Waals surface area contributed by atoms with Crippen LogP contribution in [0.15, 0.2) is 16.8 Å². The van der Waals surface area contributed by atoms with Crippen LogP contribution in [-0.4, -0.2) is 43.7 Å². The molecule has 0 aliphatic rings. The van der Waals surface area contributed by atoms with Crippen LogP contribution in [0.3, 0.4) is 0 Å². The van der Waals surface area contributed by atoms with Crippen molar-refractivity contribution in [3.8, 4) is 11.4 Å². The highest BCUT2D eigenvalue weighted by atomic mass is 32.1. The lowest BCUT2D eigenvalue weighted by Crippen LogP contribution is -2.29. The number of nitrogens with one attached hydrogen (secondary N) is 1. The minimum Gasteiger partial charge on any atom is -0.481 e. The van der Waals surface area contributed by atoms with Gasteiger partial charge in [0.05, 0.1) is 0 Å². The van der Waals surface area contributed by atoms with Crippen molar-refractivity contribution in [2.24, 2.45) is 0 Å². The Bertz CT molecular complexity index is 596. The summed E-state index contributed by atoms with van der Waals surface area (Å²) in [7, 11) is 0. The molecule has 0 aliphatic heterocycles. The van der Waals surface area contributed by atoms with E-state index in [4.69, 9.17) is 5.11 Å². The summed E-state index contributed by atoms with van der Waals surface area (Å²) >= 11 is 1.54. The minimum absolute atomic E-state index is 0.00390. The standard InChI is InChI=1S/C12H15N5O3S/c18-10(13-5-2-1-3-11(19)20)7-17-15-12(14-16-17)9-4-6-21-8-9/h4,6,8H,1-3,5,7H2,(H,13,18)(H,19,20). The molecule has 2 aromatic heterocycles. The number of aromatic nitrogens is 4. The van der Waals surface area contributed by atoms with Gasteiger partial charge in [0.2, 0.25) is 11.7 Å². The predicted molar refractivity (Wildman–Crippen MR) is 75.6 cm³/mol. The smallest absolute Gasteiger partial charge is 0.303 e. The van der Waals surface area contributed by atoms with Crippen molar-refractivity contribution in [1.82, 2.24) is 25.5 Å². The minimum atomic E-state index is -0.825. The normalized spacial score (nSPS) is 10.5. The predicted octanol–water partition coefficient (Wildman–Crippen LogP) is 0.773. The Morgan fingerprint density at radius 2 is 2.24 bits per heavy atom. The zero-order valence-electron chi connectivity index (χ0n) is 11.2. The maximum absolute atomic E-state index is 11.7. The largest absolute Gasteiger partial charge is 0.481 e. The fraction of sp³-hybridized carbons (Fsp3) is 0.417. The van der Waals surface area contributed by atoms with Gasteiger partial charge >= 0.3 is 5.97 Å². The molecule has 9 heteroatoms. The summed E-state index contributed by atoms with van der Waals surface area (Å²) in [6.45, 7) is 0.439. The van der Waals surface area contributed by atoms with Crippen molar-refractivity contribution < 1.29 is 14.7 Å². The van der Waals surface area contributed by atoms with Crippen LogP contribution in [0.4, 0.5) is 0 Å². The molecule has 0 fully saturated rings. The third-order valence-electron chi connectivity index (χ3n) is 2.66. The average Bonchev–Trinajstić information content (AvgIpc) is 3.08. The lowest BCUT2D eigenvalue weighted by atomic mass is 10.2. The number of thiophene rings is 1. The van der Waals surface area contributed by atoms with Gasteiger partial charge in [0, 0.05) is 23.9 Å². The van der Waals surface area contributed by atoms with Gasteiger partial charge in [-0.3, -0.25) is 9.59 Å². The van der Waals surface area contributed by atoms with E-state index in [2.05, 4.69) is 20.7 Å². The fourth-order valence-electron chi connectivity index (χ4n) is 1.63. The number of nitrogens with zero attached hydrogens (tertiary/aromatic N) is 4. The molecule has 2 N–H and O–H groups in total. The van der Waals surface area contributed by atoms with E-state index in [9.17, 15) is 9.59 Å².